The zero-order chi connectivity index (χ0) is 17.3. The molecule has 0 fully saturated rings. The van der Waals surface area contributed by atoms with Crippen molar-refractivity contribution in [3.8, 4) is 21.8 Å². The fourth-order valence-electron chi connectivity index (χ4n) is 2.32. The van der Waals surface area contributed by atoms with Gasteiger partial charge in [0.25, 0.3) is 0 Å². The number of H-pyrrole nitrogens is 1. The first-order chi connectivity index (χ1) is 11.4. The number of benzene rings is 1. The molecule has 2 nitrogen and oxygen atoms in total. The highest BCUT2D eigenvalue weighted by atomic mass is 35.5. The lowest BCUT2D eigenvalue weighted by Gasteiger charge is -2.16. The summed E-state index contributed by atoms with van der Waals surface area (Å²) in [6.07, 6.45) is -4.85. The van der Waals surface area contributed by atoms with Gasteiger partial charge in [-0.3, -0.25) is 5.10 Å². The molecule has 0 bridgehead atoms. The fourth-order valence-corrected chi connectivity index (χ4v) is 3.19. The van der Waals surface area contributed by atoms with Crippen LogP contribution in [0, 0.1) is 0 Å². The van der Waals surface area contributed by atoms with Gasteiger partial charge in [0.1, 0.15) is 0 Å². The smallest absolute Gasteiger partial charge is 0.276 e. The SMILES string of the molecule is FC(F)C(F)(F)Cc1c(-c2ccc(Cl)cc2)n[nH]c1-c1cccs1. The monoisotopic (exact) mass is 374 g/mol. The maximum Gasteiger partial charge on any atom is 0.311 e. The number of thiophene rings is 1. The van der Waals surface area contributed by atoms with Crippen molar-refractivity contribution in [3.05, 3.63) is 52.4 Å². The highest BCUT2D eigenvalue weighted by Crippen LogP contribution is 2.38. The minimum Gasteiger partial charge on any atom is -0.276 e. The first-order valence-electron chi connectivity index (χ1n) is 6.91. The van der Waals surface area contributed by atoms with Gasteiger partial charge in [-0.15, -0.1) is 11.3 Å². The molecular formula is C16H11ClF4N2S. The van der Waals surface area contributed by atoms with Crippen LogP contribution in [-0.2, 0) is 6.42 Å². The summed E-state index contributed by atoms with van der Waals surface area (Å²) in [5, 5.41) is 9.03. The number of nitrogens with zero attached hydrogens (tertiary/aromatic N) is 1. The van der Waals surface area contributed by atoms with E-state index in [0.717, 1.165) is 0 Å². The van der Waals surface area contributed by atoms with Crippen LogP contribution in [0.5, 0.6) is 0 Å². The Balaban J connectivity index is 2.11. The van der Waals surface area contributed by atoms with E-state index in [4.69, 9.17) is 11.6 Å². The number of halogens is 5. The van der Waals surface area contributed by atoms with E-state index in [1.54, 1.807) is 41.8 Å². The van der Waals surface area contributed by atoms with Crippen molar-refractivity contribution in [2.24, 2.45) is 0 Å². The Morgan fingerprint density at radius 3 is 2.46 bits per heavy atom. The molecule has 0 unspecified atom stereocenters. The lowest BCUT2D eigenvalue weighted by molar-refractivity contribution is -0.126. The molecule has 2 heterocycles. The number of hydrogen-bond acceptors (Lipinski definition) is 2. The molecule has 0 radical (unpaired) electrons. The molecule has 0 spiro atoms. The van der Waals surface area contributed by atoms with Gasteiger partial charge in [0.15, 0.2) is 0 Å². The highest BCUT2D eigenvalue weighted by molar-refractivity contribution is 7.13. The van der Waals surface area contributed by atoms with Crippen LogP contribution in [0.3, 0.4) is 0 Å². The van der Waals surface area contributed by atoms with Crippen LogP contribution in [0.4, 0.5) is 17.6 Å². The van der Waals surface area contributed by atoms with E-state index >= 15 is 0 Å². The van der Waals surface area contributed by atoms with Crippen molar-refractivity contribution < 1.29 is 17.6 Å². The number of hydrogen-bond donors (Lipinski definition) is 1. The van der Waals surface area contributed by atoms with Crippen molar-refractivity contribution in [1.82, 2.24) is 10.2 Å². The Labute approximate surface area is 144 Å². The van der Waals surface area contributed by atoms with Crippen LogP contribution >= 0.6 is 22.9 Å². The van der Waals surface area contributed by atoms with Crippen LogP contribution in [0.25, 0.3) is 21.8 Å². The summed E-state index contributed by atoms with van der Waals surface area (Å²) >= 11 is 7.14. The number of alkyl halides is 4. The van der Waals surface area contributed by atoms with E-state index in [2.05, 4.69) is 10.2 Å². The lowest BCUT2D eigenvalue weighted by Crippen LogP contribution is -2.29. The molecule has 0 aliphatic rings. The third-order valence-corrected chi connectivity index (χ3v) is 4.62. The maximum atomic E-state index is 13.7. The first-order valence-corrected chi connectivity index (χ1v) is 8.17. The fraction of sp³-hybridized carbons (Fsp3) is 0.188. The molecule has 0 aliphatic carbocycles. The van der Waals surface area contributed by atoms with Gasteiger partial charge >= 0.3 is 12.3 Å². The summed E-state index contributed by atoms with van der Waals surface area (Å²) in [6, 6.07) is 9.87. The third kappa shape index (κ3) is 3.32. The van der Waals surface area contributed by atoms with Crippen molar-refractivity contribution in [3.63, 3.8) is 0 Å². The van der Waals surface area contributed by atoms with Crippen molar-refractivity contribution in [2.75, 3.05) is 0 Å². The Morgan fingerprint density at radius 1 is 1.17 bits per heavy atom. The number of aromatic nitrogens is 2. The normalized spacial score (nSPS) is 12.1. The Kier molecular flexibility index (Phi) is 4.64. The molecule has 1 N–H and O–H groups in total. The highest BCUT2D eigenvalue weighted by Gasteiger charge is 2.42. The summed E-state index contributed by atoms with van der Waals surface area (Å²) < 4.78 is 52.7. The second-order valence-corrected chi connectivity index (χ2v) is 6.53. The van der Waals surface area contributed by atoms with Gasteiger partial charge in [0.05, 0.1) is 16.3 Å². The zero-order valence-corrected chi connectivity index (χ0v) is 13.6. The van der Waals surface area contributed by atoms with Crippen LogP contribution in [0.15, 0.2) is 41.8 Å². The molecular weight excluding hydrogens is 364 g/mol. The van der Waals surface area contributed by atoms with E-state index < -0.39 is 18.8 Å². The third-order valence-electron chi connectivity index (χ3n) is 3.48. The molecule has 24 heavy (non-hydrogen) atoms. The number of aromatic amines is 1. The molecule has 0 saturated heterocycles. The largest absolute Gasteiger partial charge is 0.311 e. The van der Waals surface area contributed by atoms with Gasteiger partial charge in [0.2, 0.25) is 0 Å². The van der Waals surface area contributed by atoms with Gasteiger partial charge < -0.3 is 0 Å². The zero-order valence-electron chi connectivity index (χ0n) is 12.1. The average Bonchev–Trinajstić information content (AvgIpc) is 3.17. The Hall–Kier alpha value is -1.86. The van der Waals surface area contributed by atoms with Gasteiger partial charge in [-0.25, -0.2) is 8.78 Å². The number of rotatable bonds is 5. The predicted molar refractivity (Wildman–Crippen MR) is 87.0 cm³/mol. The van der Waals surface area contributed by atoms with Gasteiger partial charge in [0, 0.05) is 22.6 Å². The summed E-state index contributed by atoms with van der Waals surface area (Å²) in [5.74, 6) is -4.14. The van der Waals surface area contributed by atoms with Crippen LogP contribution < -0.4 is 0 Å². The Morgan fingerprint density at radius 2 is 1.88 bits per heavy atom. The van der Waals surface area contributed by atoms with Gasteiger partial charge in [-0.2, -0.15) is 13.9 Å². The molecule has 0 saturated carbocycles. The van der Waals surface area contributed by atoms with Crippen LogP contribution in [-0.4, -0.2) is 22.5 Å². The molecule has 1 aromatic carbocycles. The molecule has 3 aromatic rings. The first kappa shape index (κ1) is 17.0. The molecule has 0 aliphatic heterocycles. The quantitative estimate of drug-likeness (QED) is 0.553. The molecule has 0 amide bonds. The maximum absolute atomic E-state index is 13.7. The van der Waals surface area contributed by atoms with E-state index in [-0.39, 0.29) is 11.3 Å². The van der Waals surface area contributed by atoms with E-state index in [0.29, 0.717) is 21.2 Å². The lowest BCUT2D eigenvalue weighted by atomic mass is 9.99. The van der Waals surface area contributed by atoms with Gasteiger partial charge in [-0.1, -0.05) is 29.8 Å². The van der Waals surface area contributed by atoms with E-state index in [9.17, 15) is 17.6 Å². The average molecular weight is 375 g/mol. The summed E-state index contributed by atoms with van der Waals surface area (Å²) in [4.78, 5) is 0.655. The second-order valence-electron chi connectivity index (χ2n) is 5.15. The topological polar surface area (TPSA) is 28.7 Å². The van der Waals surface area contributed by atoms with Crippen molar-refractivity contribution in [2.45, 2.75) is 18.8 Å². The van der Waals surface area contributed by atoms with E-state index in [1.807, 2.05) is 0 Å². The van der Waals surface area contributed by atoms with Crippen molar-refractivity contribution in [1.29, 1.82) is 0 Å². The van der Waals surface area contributed by atoms with Crippen molar-refractivity contribution >= 4 is 22.9 Å². The summed E-state index contributed by atoms with van der Waals surface area (Å²) in [6.45, 7) is 0. The summed E-state index contributed by atoms with van der Waals surface area (Å²) in [7, 11) is 0. The molecule has 8 heteroatoms. The van der Waals surface area contributed by atoms with Crippen LogP contribution in [0.2, 0.25) is 5.02 Å². The predicted octanol–water partition coefficient (Wildman–Crippen LogP) is 5.90. The standard InChI is InChI=1S/C16H11ClF4N2S/c17-10-5-3-9(4-6-10)13-11(8-16(20,21)15(18)19)14(23-22-13)12-2-1-7-24-12/h1-7,15H,8H2,(H,22,23). The molecule has 3 rings (SSSR count). The molecule has 126 valence electrons. The Bertz CT molecular complexity index is 813. The van der Waals surface area contributed by atoms with Crippen LogP contribution in [0.1, 0.15) is 5.56 Å². The van der Waals surface area contributed by atoms with Gasteiger partial charge in [-0.05, 0) is 23.6 Å². The number of nitrogens with one attached hydrogen (secondary N) is 1. The molecule has 0 atom stereocenters. The minimum atomic E-state index is -4.14. The molecule has 2 aromatic heterocycles. The minimum absolute atomic E-state index is 0.0603. The second kappa shape index (κ2) is 6.57. The van der Waals surface area contributed by atoms with E-state index in [1.165, 1.54) is 11.3 Å². The summed E-state index contributed by atoms with van der Waals surface area (Å²) in [5.41, 5.74) is 1.13.